The topological polar surface area (TPSA) is 31.2 Å². The molecule has 7 aromatic carbocycles. The third-order valence-corrected chi connectivity index (χ3v) is 9.22. The Hall–Kier alpha value is -6.06. The van der Waals surface area contributed by atoms with Crippen molar-refractivity contribution in [2.75, 3.05) is 0 Å². The number of hydrogen-bond donors (Lipinski definition) is 0. The van der Waals surface area contributed by atoms with E-state index in [-0.39, 0.29) is 0 Å². The molecule has 3 heterocycles. The molecule has 0 bridgehead atoms. The van der Waals surface area contributed by atoms with Crippen LogP contribution in [-0.2, 0) is 0 Å². The van der Waals surface area contributed by atoms with Gasteiger partial charge in [0, 0.05) is 37.9 Å². The number of benzene rings is 7. The van der Waals surface area contributed by atoms with Gasteiger partial charge in [0.1, 0.15) is 16.7 Å². The van der Waals surface area contributed by atoms with Gasteiger partial charge in [-0.05, 0) is 47.0 Å². The van der Waals surface area contributed by atoms with Gasteiger partial charge in [-0.15, -0.1) is 0 Å². The minimum Gasteiger partial charge on any atom is -0.455 e. The van der Waals surface area contributed by atoms with Gasteiger partial charge < -0.3 is 13.4 Å². The first-order chi connectivity index (χ1) is 22.3. The van der Waals surface area contributed by atoms with Crippen LogP contribution in [0.1, 0.15) is 0 Å². The van der Waals surface area contributed by atoms with E-state index in [1.165, 1.54) is 21.9 Å². The Kier molecular flexibility index (Phi) is 5.00. The van der Waals surface area contributed by atoms with Crippen molar-refractivity contribution in [2.45, 2.75) is 0 Å². The first kappa shape index (κ1) is 24.4. The highest BCUT2D eigenvalue weighted by Gasteiger charge is 2.21. The molecule has 45 heavy (non-hydrogen) atoms. The summed E-state index contributed by atoms with van der Waals surface area (Å²) in [6.07, 6.45) is 0. The first-order valence-corrected chi connectivity index (χ1v) is 15.3. The zero-order chi connectivity index (χ0) is 29.5. The zero-order valence-electron chi connectivity index (χ0n) is 24.2. The van der Waals surface area contributed by atoms with Crippen LogP contribution in [0.3, 0.4) is 0 Å². The molecule has 0 spiro atoms. The summed E-state index contributed by atoms with van der Waals surface area (Å²) < 4.78 is 15.6. The molecule has 0 unspecified atom stereocenters. The minimum absolute atomic E-state index is 0.855. The van der Waals surface area contributed by atoms with E-state index in [1.54, 1.807) is 0 Å². The third kappa shape index (κ3) is 3.46. The number of para-hydroxylation sites is 4. The van der Waals surface area contributed by atoms with E-state index in [1.807, 2.05) is 12.1 Å². The lowest BCUT2D eigenvalue weighted by atomic mass is 9.97. The van der Waals surface area contributed by atoms with Crippen LogP contribution in [0, 0.1) is 0 Å². The Morgan fingerprint density at radius 1 is 0.378 bits per heavy atom. The molecule has 10 aromatic rings. The van der Waals surface area contributed by atoms with E-state index in [0.29, 0.717) is 0 Å². The van der Waals surface area contributed by atoms with Crippen molar-refractivity contribution in [1.29, 1.82) is 0 Å². The molecule has 3 aromatic heterocycles. The summed E-state index contributed by atoms with van der Waals surface area (Å²) in [5, 5.41) is 6.85. The SMILES string of the molecule is c1ccc(-c2ccc3c4ccccc4n(-c4cccc5c4oc4cccc(-c6cccc7c6oc6ccccc67)c45)c3c2)cc1. The number of furan rings is 2. The smallest absolute Gasteiger partial charge is 0.159 e. The fraction of sp³-hybridized carbons (Fsp3) is 0. The second kappa shape index (κ2) is 9.22. The molecule has 0 saturated heterocycles. The van der Waals surface area contributed by atoms with Crippen molar-refractivity contribution >= 4 is 65.7 Å². The number of aromatic nitrogens is 1. The summed E-state index contributed by atoms with van der Waals surface area (Å²) in [4.78, 5) is 0. The summed E-state index contributed by atoms with van der Waals surface area (Å²) in [5.41, 5.74) is 11.4. The van der Waals surface area contributed by atoms with Crippen molar-refractivity contribution in [3.05, 3.63) is 152 Å². The van der Waals surface area contributed by atoms with Crippen LogP contribution in [0.4, 0.5) is 0 Å². The predicted molar refractivity (Wildman–Crippen MR) is 186 cm³/mol. The van der Waals surface area contributed by atoms with Crippen LogP contribution >= 0.6 is 0 Å². The zero-order valence-corrected chi connectivity index (χ0v) is 24.2. The van der Waals surface area contributed by atoms with E-state index < -0.39 is 0 Å². The Morgan fingerprint density at radius 2 is 1.04 bits per heavy atom. The lowest BCUT2D eigenvalue weighted by molar-refractivity contribution is 0.666. The summed E-state index contributed by atoms with van der Waals surface area (Å²) in [6, 6.07) is 53.5. The first-order valence-electron chi connectivity index (χ1n) is 15.3. The molecule has 10 rings (SSSR count). The second-order valence-corrected chi connectivity index (χ2v) is 11.7. The minimum atomic E-state index is 0.855. The molecule has 0 atom stereocenters. The van der Waals surface area contributed by atoms with E-state index in [4.69, 9.17) is 8.83 Å². The quantitative estimate of drug-likeness (QED) is 0.210. The van der Waals surface area contributed by atoms with E-state index in [9.17, 15) is 0 Å². The van der Waals surface area contributed by atoms with Gasteiger partial charge in [-0.1, -0.05) is 121 Å². The van der Waals surface area contributed by atoms with Crippen molar-refractivity contribution in [3.63, 3.8) is 0 Å². The third-order valence-electron chi connectivity index (χ3n) is 9.22. The average molecular weight is 576 g/mol. The van der Waals surface area contributed by atoms with Gasteiger partial charge in [-0.3, -0.25) is 0 Å². The summed E-state index contributed by atoms with van der Waals surface area (Å²) in [5.74, 6) is 0. The lowest BCUT2D eigenvalue weighted by Crippen LogP contribution is -1.94. The van der Waals surface area contributed by atoms with Gasteiger partial charge in [0.05, 0.1) is 16.7 Å². The summed E-state index contributed by atoms with van der Waals surface area (Å²) in [6.45, 7) is 0. The van der Waals surface area contributed by atoms with Crippen LogP contribution in [0.15, 0.2) is 160 Å². The van der Waals surface area contributed by atoms with E-state index in [0.717, 1.165) is 71.7 Å². The van der Waals surface area contributed by atoms with Gasteiger partial charge in [-0.2, -0.15) is 0 Å². The fourth-order valence-corrected chi connectivity index (χ4v) is 7.23. The van der Waals surface area contributed by atoms with E-state index >= 15 is 0 Å². The Morgan fingerprint density at radius 3 is 1.98 bits per heavy atom. The molecule has 0 radical (unpaired) electrons. The lowest BCUT2D eigenvalue weighted by Gasteiger charge is -2.10. The van der Waals surface area contributed by atoms with E-state index in [2.05, 4.69) is 144 Å². The van der Waals surface area contributed by atoms with Crippen LogP contribution in [0.5, 0.6) is 0 Å². The average Bonchev–Trinajstić information content (AvgIpc) is 3.78. The summed E-state index contributed by atoms with van der Waals surface area (Å²) >= 11 is 0. The molecule has 0 N–H and O–H groups in total. The molecular weight excluding hydrogens is 550 g/mol. The Bertz CT molecular complexity index is 2760. The van der Waals surface area contributed by atoms with Crippen molar-refractivity contribution in [3.8, 4) is 27.9 Å². The predicted octanol–water partition coefficient (Wildman–Crippen LogP) is 11.9. The maximum atomic E-state index is 6.80. The molecule has 0 saturated carbocycles. The van der Waals surface area contributed by atoms with Gasteiger partial charge in [0.25, 0.3) is 0 Å². The number of hydrogen-bond acceptors (Lipinski definition) is 2. The molecule has 210 valence electrons. The maximum absolute atomic E-state index is 6.80. The van der Waals surface area contributed by atoms with Crippen molar-refractivity contribution < 1.29 is 8.83 Å². The normalized spacial score (nSPS) is 12.0. The van der Waals surface area contributed by atoms with Gasteiger partial charge in [0.2, 0.25) is 0 Å². The number of fused-ring (bicyclic) bond motifs is 9. The number of rotatable bonds is 3. The molecule has 0 amide bonds. The van der Waals surface area contributed by atoms with Crippen molar-refractivity contribution in [2.24, 2.45) is 0 Å². The highest BCUT2D eigenvalue weighted by Crippen LogP contribution is 2.44. The Balaban J connectivity index is 1.27. The molecule has 3 heteroatoms. The largest absolute Gasteiger partial charge is 0.455 e. The van der Waals surface area contributed by atoms with Crippen LogP contribution < -0.4 is 0 Å². The highest BCUT2D eigenvalue weighted by molar-refractivity contribution is 6.19. The molecule has 0 aliphatic carbocycles. The number of nitrogens with zero attached hydrogens (tertiary/aromatic N) is 1. The van der Waals surface area contributed by atoms with Gasteiger partial charge in [0.15, 0.2) is 5.58 Å². The molecule has 3 nitrogen and oxygen atoms in total. The van der Waals surface area contributed by atoms with Crippen LogP contribution in [0.2, 0.25) is 0 Å². The van der Waals surface area contributed by atoms with Crippen LogP contribution in [-0.4, -0.2) is 4.57 Å². The second-order valence-electron chi connectivity index (χ2n) is 11.7. The highest BCUT2D eigenvalue weighted by atomic mass is 16.3. The maximum Gasteiger partial charge on any atom is 0.159 e. The molecular formula is C42H25NO2. The molecule has 0 fully saturated rings. The van der Waals surface area contributed by atoms with Gasteiger partial charge in [-0.25, -0.2) is 0 Å². The fourth-order valence-electron chi connectivity index (χ4n) is 7.23. The molecule has 0 aliphatic heterocycles. The van der Waals surface area contributed by atoms with Crippen LogP contribution in [0.25, 0.3) is 93.6 Å². The monoisotopic (exact) mass is 575 g/mol. The van der Waals surface area contributed by atoms with Gasteiger partial charge >= 0.3 is 0 Å². The Labute approximate surface area is 258 Å². The van der Waals surface area contributed by atoms with Crippen molar-refractivity contribution in [1.82, 2.24) is 4.57 Å². The molecule has 0 aliphatic rings. The standard InChI is InChI=1S/C42H25NO2/c1-2-11-26(12-3-1)27-23-24-29-28-13-4-6-19-35(28)43(37(29)25-27)36-20-9-18-34-40-31(15-10-22-39(40)45-42(34)36)33-17-8-16-32-30-14-5-7-21-38(30)44-41(32)33/h1-25H. The summed E-state index contributed by atoms with van der Waals surface area (Å²) in [7, 11) is 0.